The third kappa shape index (κ3) is 6.35. The van der Waals surface area contributed by atoms with Crippen LogP contribution in [0.2, 0.25) is 0 Å². The van der Waals surface area contributed by atoms with Gasteiger partial charge < -0.3 is 20.5 Å². The molecule has 0 aromatic heterocycles. The molecule has 0 radical (unpaired) electrons. The minimum Gasteiger partial charge on any atom is -0.492 e. The summed E-state index contributed by atoms with van der Waals surface area (Å²) in [5, 5.41) is 2.44. The van der Waals surface area contributed by atoms with Gasteiger partial charge in [0, 0.05) is 12.1 Å². The molecule has 0 spiro atoms. The Kier molecular flexibility index (Phi) is 6.29. The SMILES string of the molecule is CCOc1ccc(C(=O)NCCOCC(F)(F)F)cc1N. The molecule has 118 valence electrons. The van der Waals surface area contributed by atoms with E-state index < -0.39 is 18.7 Å². The number of hydrogen-bond donors (Lipinski definition) is 2. The Morgan fingerprint density at radius 1 is 1.38 bits per heavy atom. The van der Waals surface area contributed by atoms with E-state index in [0.717, 1.165) is 0 Å². The number of nitrogen functional groups attached to an aromatic ring is 1. The molecule has 0 bridgehead atoms. The van der Waals surface area contributed by atoms with Gasteiger partial charge in [0.05, 0.1) is 18.9 Å². The molecule has 0 aliphatic carbocycles. The van der Waals surface area contributed by atoms with Crippen LogP contribution < -0.4 is 15.8 Å². The van der Waals surface area contributed by atoms with Crippen LogP contribution in [0, 0.1) is 0 Å². The number of anilines is 1. The van der Waals surface area contributed by atoms with Crippen LogP contribution >= 0.6 is 0 Å². The number of halogens is 3. The molecule has 0 aliphatic heterocycles. The summed E-state index contributed by atoms with van der Waals surface area (Å²) < 4.78 is 45.0. The van der Waals surface area contributed by atoms with Crippen molar-refractivity contribution in [3.05, 3.63) is 23.8 Å². The number of benzene rings is 1. The number of carbonyl (C=O) groups is 1. The number of rotatable bonds is 7. The number of carbonyl (C=O) groups excluding carboxylic acids is 1. The van der Waals surface area contributed by atoms with Crippen LogP contribution in [-0.4, -0.2) is 38.4 Å². The normalized spacial score (nSPS) is 11.2. The Morgan fingerprint density at radius 3 is 2.67 bits per heavy atom. The van der Waals surface area contributed by atoms with Crippen LogP contribution in [0.25, 0.3) is 0 Å². The first kappa shape index (κ1) is 17.1. The number of nitrogens with one attached hydrogen (secondary N) is 1. The second kappa shape index (κ2) is 7.72. The summed E-state index contributed by atoms with van der Waals surface area (Å²) in [4.78, 5) is 11.7. The van der Waals surface area contributed by atoms with E-state index in [1.165, 1.54) is 12.1 Å². The molecule has 21 heavy (non-hydrogen) atoms. The van der Waals surface area contributed by atoms with Gasteiger partial charge in [-0.05, 0) is 25.1 Å². The maximum Gasteiger partial charge on any atom is 0.411 e. The van der Waals surface area contributed by atoms with Gasteiger partial charge >= 0.3 is 6.18 Å². The Balaban J connectivity index is 2.40. The summed E-state index contributed by atoms with van der Waals surface area (Å²) in [6, 6.07) is 4.53. The largest absolute Gasteiger partial charge is 0.492 e. The fourth-order valence-electron chi connectivity index (χ4n) is 1.50. The predicted octanol–water partition coefficient (Wildman–Crippen LogP) is 1.98. The number of ether oxygens (including phenoxy) is 2. The zero-order chi connectivity index (χ0) is 15.9. The summed E-state index contributed by atoms with van der Waals surface area (Å²) in [7, 11) is 0. The number of amides is 1. The van der Waals surface area contributed by atoms with Crippen molar-refractivity contribution in [2.24, 2.45) is 0 Å². The molecule has 8 heteroatoms. The van der Waals surface area contributed by atoms with E-state index in [2.05, 4.69) is 10.1 Å². The predicted molar refractivity (Wildman–Crippen MR) is 71.2 cm³/mol. The Labute approximate surface area is 120 Å². The summed E-state index contributed by atoms with van der Waals surface area (Å²) in [5.41, 5.74) is 6.33. The molecule has 1 amide bonds. The minimum atomic E-state index is -4.37. The Morgan fingerprint density at radius 2 is 2.10 bits per heavy atom. The molecule has 0 atom stereocenters. The van der Waals surface area contributed by atoms with Gasteiger partial charge in [-0.15, -0.1) is 0 Å². The fraction of sp³-hybridized carbons (Fsp3) is 0.462. The summed E-state index contributed by atoms with van der Waals surface area (Å²) in [6.45, 7) is 0.673. The molecule has 0 unspecified atom stereocenters. The van der Waals surface area contributed by atoms with Crippen molar-refractivity contribution in [3.63, 3.8) is 0 Å². The molecule has 1 rings (SSSR count). The van der Waals surface area contributed by atoms with E-state index in [0.29, 0.717) is 23.6 Å². The van der Waals surface area contributed by atoms with E-state index in [4.69, 9.17) is 10.5 Å². The van der Waals surface area contributed by atoms with E-state index >= 15 is 0 Å². The third-order valence-corrected chi connectivity index (χ3v) is 2.37. The lowest BCUT2D eigenvalue weighted by atomic mass is 10.2. The lowest BCUT2D eigenvalue weighted by Gasteiger charge is -2.10. The van der Waals surface area contributed by atoms with E-state index in [9.17, 15) is 18.0 Å². The van der Waals surface area contributed by atoms with Gasteiger partial charge in [-0.1, -0.05) is 0 Å². The van der Waals surface area contributed by atoms with E-state index in [1.54, 1.807) is 13.0 Å². The third-order valence-electron chi connectivity index (χ3n) is 2.37. The van der Waals surface area contributed by atoms with Crippen LogP contribution in [0.1, 0.15) is 17.3 Å². The van der Waals surface area contributed by atoms with Crippen molar-refractivity contribution >= 4 is 11.6 Å². The first-order valence-electron chi connectivity index (χ1n) is 6.28. The molecule has 5 nitrogen and oxygen atoms in total. The van der Waals surface area contributed by atoms with Crippen LogP contribution in [0.15, 0.2) is 18.2 Å². The minimum absolute atomic E-state index is 0.0258. The maximum absolute atomic E-state index is 11.8. The molecule has 0 heterocycles. The van der Waals surface area contributed by atoms with Crippen LogP contribution in [0.3, 0.4) is 0 Å². The van der Waals surface area contributed by atoms with Gasteiger partial charge in [-0.2, -0.15) is 13.2 Å². The average Bonchev–Trinajstić information content (AvgIpc) is 2.39. The quantitative estimate of drug-likeness (QED) is 0.597. The van der Waals surface area contributed by atoms with Crippen LogP contribution in [0.4, 0.5) is 18.9 Å². The second-order valence-electron chi connectivity index (χ2n) is 4.11. The zero-order valence-corrected chi connectivity index (χ0v) is 11.5. The highest BCUT2D eigenvalue weighted by Gasteiger charge is 2.27. The number of alkyl halides is 3. The first-order chi connectivity index (χ1) is 9.83. The second-order valence-corrected chi connectivity index (χ2v) is 4.11. The smallest absolute Gasteiger partial charge is 0.411 e. The summed E-state index contributed by atoms with van der Waals surface area (Å²) in [6.07, 6.45) is -4.37. The van der Waals surface area contributed by atoms with E-state index in [-0.39, 0.29) is 13.2 Å². The van der Waals surface area contributed by atoms with Crippen molar-refractivity contribution in [1.29, 1.82) is 0 Å². The standard InChI is InChI=1S/C13H17F3N2O3/c1-2-21-11-4-3-9(7-10(11)17)12(19)18-5-6-20-8-13(14,15)16/h3-4,7H,2,5-6,8,17H2,1H3,(H,18,19). The van der Waals surface area contributed by atoms with Crippen LogP contribution in [0.5, 0.6) is 5.75 Å². The lowest BCUT2D eigenvalue weighted by Crippen LogP contribution is -2.28. The molecular weight excluding hydrogens is 289 g/mol. The molecule has 0 fully saturated rings. The van der Waals surface area contributed by atoms with Crippen molar-refractivity contribution in [2.45, 2.75) is 13.1 Å². The lowest BCUT2D eigenvalue weighted by molar-refractivity contribution is -0.173. The summed E-state index contributed by atoms with van der Waals surface area (Å²) in [5.74, 6) is 0.0305. The number of nitrogens with two attached hydrogens (primary N) is 1. The molecule has 0 aliphatic rings. The van der Waals surface area contributed by atoms with Crippen molar-refractivity contribution < 1.29 is 27.4 Å². The molecule has 0 saturated heterocycles. The molecule has 3 N–H and O–H groups in total. The molecule has 1 aromatic rings. The monoisotopic (exact) mass is 306 g/mol. The van der Waals surface area contributed by atoms with E-state index in [1.807, 2.05) is 0 Å². The van der Waals surface area contributed by atoms with Crippen LogP contribution in [-0.2, 0) is 4.74 Å². The first-order valence-corrected chi connectivity index (χ1v) is 6.28. The zero-order valence-electron chi connectivity index (χ0n) is 11.5. The highest BCUT2D eigenvalue weighted by atomic mass is 19.4. The highest BCUT2D eigenvalue weighted by Crippen LogP contribution is 2.22. The fourth-order valence-corrected chi connectivity index (χ4v) is 1.50. The van der Waals surface area contributed by atoms with Gasteiger partial charge in [0.15, 0.2) is 0 Å². The Bertz CT molecular complexity index is 478. The average molecular weight is 306 g/mol. The number of hydrogen-bond acceptors (Lipinski definition) is 4. The maximum atomic E-state index is 11.8. The van der Waals surface area contributed by atoms with Gasteiger partial charge in [0.1, 0.15) is 12.4 Å². The molecule has 1 aromatic carbocycles. The topological polar surface area (TPSA) is 73.6 Å². The van der Waals surface area contributed by atoms with Crippen molar-refractivity contribution in [2.75, 3.05) is 32.1 Å². The van der Waals surface area contributed by atoms with Gasteiger partial charge in [0.25, 0.3) is 5.91 Å². The van der Waals surface area contributed by atoms with Crippen molar-refractivity contribution in [3.8, 4) is 5.75 Å². The van der Waals surface area contributed by atoms with Gasteiger partial charge in [-0.3, -0.25) is 4.79 Å². The van der Waals surface area contributed by atoms with Gasteiger partial charge in [0.2, 0.25) is 0 Å². The van der Waals surface area contributed by atoms with Crippen molar-refractivity contribution in [1.82, 2.24) is 5.32 Å². The highest BCUT2D eigenvalue weighted by molar-refractivity contribution is 5.95. The molecular formula is C13H17F3N2O3. The Hall–Kier alpha value is -1.96. The summed E-state index contributed by atoms with van der Waals surface area (Å²) >= 11 is 0. The van der Waals surface area contributed by atoms with Gasteiger partial charge in [-0.25, -0.2) is 0 Å². The molecule has 0 saturated carbocycles.